The zero-order chi connectivity index (χ0) is 13.2. The molecule has 1 fully saturated rings. The van der Waals surface area contributed by atoms with E-state index < -0.39 is 6.10 Å². The highest BCUT2D eigenvalue weighted by atomic mass is 16.3. The molecule has 0 heterocycles. The number of hydrogen-bond donors (Lipinski definition) is 1. The van der Waals surface area contributed by atoms with Gasteiger partial charge in [0.05, 0.1) is 6.10 Å². The zero-order valence-corrected chi connectivity index (χ0v) is 11.4. The second-order valence-electron chi connectivity index (χ2n) is 5.64. The molecular formula is C14H25NO2. The lowest BCUT2D eigenvalue weighted by Crippen LogP contribution is -2.34. The maximum Gasteiger partial charge on any atom is 0.138 e. The summed E-state index contributed by atoms with van der Waals surface area (Å²) in [4.78, 5) is 13.7. The monoisotopic (exact) mass is 239 g/mol. The van der Waals surface area contributed by atoms with E-state index in [1.807, 2.05) is 25.9 Å². The zero-order valence-electron chi connectivity index (χ0n) is 11.4. The van der Waals surface area contributed by atoms with Gasteiger partial charge in [-0.05, 0) is 24.7 Å². The van der Waals surface area contributed by atoms with E-state index in [0.29, 0.717) is 12.3 Å². The molecule has 0 aromatic carbocycles. The molecule has 3 heteroatoms. The third-order valence-corrected chi connectivity index (χ3v) is 3.97. The number of ketones is 1. The van der Waals surface area contributed by atoms with Gasteiger partial charge in [-0.3, -0.25) is 4.79 Å². The molecule has 0 aliphatic heterocycles. The summed E-state index contributed by atoms with van der Waals surface area (Å²) in [5, 5.41) is 10.3. The number of carbonyl (C=O) groups is 1. The molecule has 0 spiro atoms. The molecule has 0 bridgehead atoms. The second kappa shape index (κ2) is 5.67. The summed E-state index contributed by atoms with van der Waals surface area (Å²) < 4.78 is 0. The summed E-state index contributed by atoms with van der Waals surface area (Å²) in [6, 6.07) is 0. The first-order chi connectivity index (χ1) is 7.84. The lowest BCUT2D eigenvalue weighted by molar-refractivity contribution is -0.125. The molecular weight excluding hydrogens is 214 g/mol. The quantitative estimate of drug-likeness (QED) is 0.798. The first-order valence-corrected chi connectivity index (χ1v) is 6.40. The van der Waals surface area contributed by atoms with Crippen LogP contribution in [0.3, 0.4) is 0 Å². The summed E-state index contributed by atoms with van der Waals surface area (Å²) in [5.41, 5.74) is 0.995. The predicted molar refractivity (Wildman–Crippen MR) is 69.5 cm³/mol. The van der Waals surface area contributed by atoms with E-state index in [0.717, 1.165) is 18.5 Å². The van der Waals surface area contributed by atoms with Crippen molar-refractivity contribution >= 4 is 5.78 Å². The van der Waals surface area contributed by atoms with E-state index in [1.54, 1.807) is 0 Å². The molecule has 0 saturated heterocycles. The Bertz CT molecular complexity index is 299. The van der Waals surface area contributed by atoms with E-state index in [4.69, 9.17) is 0 Å². The minimum Gasteiger partial charge on any atom is -0.392 e. The van der Waals surface area contributed by atoms with E-state index in [9.17, 15) is 9.90 Å². The van der Waals surface area contributed by atoms with E-state index >= 15 is 0 Å². The second-order valence-corrected chi connectivity index (χ2v) is 5.64. The van der Waals surface area contributed by atoms with Gasteiger partial charge in [-0.25, -0.2) is 0 Å². The molecule has 0 aromatic heterocycles. The summed E-state index contributed by atoms with van der Waals surface area (Å²) in [5.74, 6) is 0.458. The molecule has 1 aliphatic carbocycles. The predicted octanol–water partition coefficient (Wildman–Crippen LogP) is 2.06. The SMILES string of the molecule is C=C(C[C@@H](C)[C@@H](O)[C@H]1C(=O)CCC1C)N(C)C. The molecule has 1 N–H and O–H groups in total. The average molecular weight is 239 g/mol. The van der Waals surface area contributed by atoms with Crippen LogP contribution in [0.1, 0.15) is 33.1 Å². The topological polar surface area (TPSA) is 40.5 Å². The molecule has 98 valence electrons. The van der Waals surface area contributed by atoms with Gasteiger partial charge in [0.25, 0.3) is 0 Å². The van der Waals surface area contributed by atoms with Crippen molar-refractivity contribution in [2.45, 2.75) is 39.2 Å². The van der Waals surface area contributed by atoms with E-state index in [-0.39, 0.29) is 17.6 Å². The van der Waals surface area contributed by atoms with Gasteiger partial charge in [0.1, 0.15) is 5.78 Å². The fourth-order valence-corrected chi connectivity index (χ4v) is 2.59. The van der Waals surface area contributed by atoms with Gasteiger partial charge in [0.15, 0.2) is 0 Å². The number of allylic oxidation sites excluding steroid dienone is 1. The maximum atomic E-state index is 11.8. The average Bonchev–Trinajstić information content (AvgIpc) is 2.57. The van der Waals surface area contributed by atoms with Gasteiger partial charge >= 0.3 is 0 Å². The molecule has 0 radical (unpaired) electrons. The van der Waals surface area contributed by atoms with Crippen molar-refractivity contribution in [3.8, 4) is 0 Å². The molecule has 1 unspecified atom stereocenters. The van der Waals surface area contributed by atoms with Crippen LogP contribution in [-0.4, -0.2) is 36.0 Å². The number of nitrogens with zero attached hydrogens (tertiary/aromatic N) is 1. The molecule has 1 rings (SSSR count). The lowest BCUT2D eigenvalue weighted by atomic mass is 9.83. The van der Waals surface area contributed by atoms with Crippen molar-refractivity contribution in [2.75, 3.05) is 14.1 Å². The van der Waals surface area contributed by atoms with Crippen molar-refractivity contribution in [1.82, 2.24) is 4.90 Å². The third-order valence-electron chi connectivity index (χ3n) is 3.97. The van der Waals surface area contributed by atoms with Crippen LogP contribution in [0.25, 0.3) is 0 Å². The van der Waals surface area contributed by atoms with Gasteiger partial charge in [0, 0.05) is 32.1 Å². The van der Waals surface area contributed by atoms with Gasteiger partial charge in [-0.2, -0.15) is 0 Å². The Morgan fingerprint density at radius 2 is 2.18 bits per heavy atom. The molecule has 17 heavy (non-hydrogen) atoms. The molecule has 1 aliphatic rings. The summed E-state index contributed by atoms with van der Waals surface area (Å²) >= 11 is 0. The first kappa shape index (κ1) is 14.2. The Kier molecular flexibility index (Phi) is 4.75. The van der Waals surface area contributed by atoms with Crippen molar-refractivity contribution in [2.24, 2.45) is 17.8 Å². The van der Waals surface area contributed by atoms with Crippen molar-refractivity contribution < 1.29 is 9.90 Å². The molecule has 0 amide bonds. The minimum absolute atomic E-state index is 0.0828. The Labute approximate surface area is 105 Å². The van der Waals surface area contributed by atoms with Gasteiger partial charge in [-0.1, -0.05) is 20.4 Å². The lowest BCUT2D eigenvalue weighted by Gasteiger charge is -2.28. The highest BCUT2D eigenvalue weighted by Gasteiger charge is 2.39. The Morgan fingerprint density at radius 1 is 1.59 bits per heavy atom. The van der Waals surface area contributed by atoms with Crippen molar-refractivity contribution in [1.29, 1.82) is 0 Å². The Hall–Kier alpha value is -0.830. The Balaban J connectivity index is 2.60. The molecule has 0 aromatic rings. The molecule has 1 saturated carbocycles. The number of aliphatic hydroxyl groups excluding tert-OH is 1. The van der Waals surface area contributed by atoms with Crippen LogP contribution in [0.2, 0.25) is 0 Å². The first-order valence-electron chi connectivity index (χ1n) is 6.40. The van der Waals surface area contributed by atoms with Gasteiger partial charge in [-0.15, -0.1) is 0 Å². The number of hydrogen-bond acceptors (Lipinski definition) is 3. The minimum atomic E-state index is -0.531. The number of carbonyl (C=O) groups excluding carboxylic acids is 1. The van der Waals surface area contributed by atoms with Crippen LogP contribution in [0, 0.1) is 17.8 Å². The Morgan fingerprint density at radius 3 is 2.59 bits per heavy atom. The smallest absolute Gasteiger partial charge is 0.138 e. The van der Waals surface area contributed by atoms with Crippen LogP contribution < -0.4 is 0 Å². The van der Waals surface area contributed by atoms with Crippen LogP contribution in [0.15, 0.2) is 12.3 Å². The largest absolute Gasteiger partial charge is 0.392 e. The molecule has 4 atom stereocenters. The van der Waals surface area contributed by atoms with Crippen LogP contribution in [0.5, 0.6) is 0 Å². The van der Waals surface area contributed by atoms with Gasteiger partial charge < -0.3 is 10.0 Å². The van der Waals surface area contributed by atoms with E-state index in [1.165, 1.54) is 0 Å². The third kappa shape index (κ3) is 3.32. The number of Topliss-reactive ketones (excluding diaryl/α,β-unsaturated/α-hetero) is 1. The molecule has 3 nitrogen and oxygen atoms in total. The maximum absolute atomic E-state index is 11.8. The highest BCUT2D eigenvalue weighted by Crippen LogP contribution is 2.34. The van der Waals surface area contributed by atoms with Crippen LogP contribution >= 0.6 is 0 Å². The highest BCUT2D eigenvalue weighted by molar-refractivity contribution is 5.83. The normalized spacial score (nSPS) is 27.9. The standard InChI is InChI=1S/C14H25NO2/c1-9-6-7-12(16)13(9)14(17)10(2)8-11(3)15(4)5/h9-10,13-14,17H,3,6-8H2,1-2,4-5H3/t9?,10-,13-,14-/m1/s1. The van der Waals surface area contributed by atoms with Crippen molar-refractivity contribution in [3.05, 3.63) is 12.3 Å². The van der Waals surface area contributed by atoms with Crippen LogP contribution in [-0.2, 0) is 4.79 Å². The van der Waals surface area contributed by atoms with Gasteiger partial charge in [0.2, 0.25) is 0 Å². The van der Waals surface area contributed by atoms with E-state index in [2.05, 4.69) is 13.5 Å². The van der Waals surface area contributed by atoms with Crippen molar-refractivity contribution in [3.63, 3.8) is 0 Å². The summed E-state index contributed by atoms with van der Waals surface area (Å²) in [6.45, 7) is 8.03. The number of rotatable bonds is 5. The fourth-order valence-electron chi connectivity index (χ4n) is 2.59. The fraction of sp³-hybridized carbons (Fsp3) is 0.786. The summed E-state index contributed by atoms with van der Waals surface area (Å²) in [6.07, 6.45) is 1.76. The van der Waals surface area contributed by atoms with Crippen LogP contribution in [0.4, 0.5) is 0 Å². The number of aliphatic hydroxyl groups is 1. The summed E-state index contributed by atoms with van der Waals surface area (Å²) in [7, 11) is 3.90.